The number of nitrogens with one attached hydrogen (secondary N) is 1. The van der Waals surface area contributed by atoms with Gasteiger partial charge in [0.15, 0.2) is 0 Å². The van der Waals surface area contributed by atoms with E-state index in [0.717, 1.165) is 19.3 Å². The van der Waals surface area contributed by atoms with E-state index in [1.807, 2.05) is 7.05 Å². The van der Waals surface area contributed by atoms with E-state index < -0.39 is 0 Å². The van der Waals surface area contributed by atoms with Gasteiger partial charge in [-0.3, -0.25) is 14.5 Å². The van der Waals surface area contributed by atoms with E-state index in [1.165, 1.54) is 4.90 Å². The summed E-state index contributed by atoms with van der Waals surface area (Å²) in [5.41, 5.74) is 1.09. The molecule has 1 aliphatic carbocycles. The van der Waals surface area contributed by atoms with Crippen molar-refractivity contribution in [2.45, 2.75) is 31.3 Å². The molecule has 0 unspecified atom stereocenters. The molecule has 1 aromatic rings. The summed E-state index contributed by atoms with van der Waals surface area (Å²) in [5.74, 6) is -0.273. The Morgan fingerprint density at radius 2 is 1.72 bits per heavy atom. The largest absolute Gasteiger partial charge is 0.315 e. The average molecular weight is 244 g/mol. The number of carbonyl (C=O) groups excluding carboxylic acids is 2. The molecule has 18 heavy (non-hydrogen) atoms. The molecular weight excluding hydrogens is 228 g/mol. The number of benzene rings is 1. The molecule has 3 rings (SSSR count). The van der Waals surface area contributed by atoms with Crippen molar-refractivity contribution in [2.75, 3.05) is 7.05 Å². The number of rotatable bonds is 2. The van der Waals surface area contributed by atoms with Gasteiger partial charge in [-0.1, -0.05) is 12.1 Å². The van der Waals surface area contributed by atoms with E-state index in [-0.39, 0.29) is 23.9 Å². The van der Waals surface area contributed by atoms with Crippen LogP contribution in [-0.4, -0.2) is 35.8 Å². The van der Waals surface area contributed by atoms with Gasteiger partial charge in [0.1, 0.15) is 0 Å². The van der Waals surface area contributed by atoms with Crippen LogP contribution in [0.2, 0.25) is 0 Å². The Hall–Kier alpha value is -1.68. The molecule has 0 saturated heterocycles. The standard InChI is InChI=1S/C14H16N2O2/c1-15-11-7-4-8-12(11)16-13(17)9-5-2-3-6-10(9)14(16)18/h2-3,5-6,11-12,15H,4,7-8H2,1H3/t11-,12-/m0/s1. The predicted octanol–water partition coefficient (Wildman–Crippen LogP) is 1.42. The molecule has 0 spiro atoms. The summed E-state index contributed by atoms with van der Waals surface area (Å²) in [7, 11) is 1.89. The quantitative estimate of drug-likeness (QED) is 0.800. The Labute approximate surface area is 106 Å². The lowest BCUT2D eigenvalue weighted by Crippen LogP contribution is -2.48. The van der Waals surface area contributed by atoms with Gasteiger partial charge in [-0.15, -0.1) is 0 Å². The van der Waals surface area contributed by atoms with Crippen LogP contribution in [0, 0.1) is 0 Å². The second kappa shape index (κ2) is 4.21. The fourth-order valence-electron chi connectivity index (χ4n) is 3.10. The molecule has 1 heterocycles. The summed E-state index contributed by atoms with van der Waals surface area (Å²) in [5, 5.41) is 3.21. The van der Waals surface area contributed by atoms with Gasteiger partial charge < -0.3 is 5.32 Å². The summed E-state index contributed by atoms with van der Waals surface area (Å²) in [4.78, 5) is 26.1. The van der Waals surface area contributed by atoms with E-state index >= 15 is 0 Å². The minimum Gasteiger partial charge on any atom is -0.315 e. The van der Waals surface area contributed by atoms with Gasteiger partial charge in [0, 0.05) is 6.04 Å². The topological polar surface area (TPSA) is 49.4 Å². The van der Waals surface area contributed by atoms with Crippen molar-refractivity contribution >= 4 is 11.8 Å². The monoisotopic (exact) mass is 244 g/mol. The molecule has 0 radical (unpaired) electrons. The van der Waals surface area contributed by atoms with Crippen LogP contribution in [0.3, 0.4) is 0 Å². The Balaban J connectivity index is 1.97. The molecule has 4 nitrogen and oxygen atoms in total. The first-order valence-corrected chi connectivity index (χ1v) is 6.38. The molecule has 1 aromatic carbocycles. The zero-order valence-corrected chi connectivity index (χ0v) is 10.3. The highest BCUT2D eigenvalue weighted by molar-refractivity contribution is 6.21. The minimum atomic E-state index is -0.136. The van der Waals surface area contributed by atoms with E-state index in [9.17, 15) is 9.59 Å². The van der Waals surface area contributed by atoms with Crippen LogP contribution in [-0.2, 0) is 0 Å². The number of carbonyl (C=O) groups is 2. The van der Waals surface area contributed by atoms with Gasteiger partial charge in [-0.25, -0.2) is 0 Å². The predicted molar refractivity (Wildman–Crippen MR) is 67.4 cm³/mol. The summed E-state index contributed by atoms with van der Waals surface area (Å²) in [6.07, 6.45) is 2.98. The Morgan fingerprint density at radius 1 is 1.11 bits per heavy atom. The number of imide groups is 1. The molecule has 0 aromatic heterocycles. The third kappa shape index (κ3) is 1.49. The van der Waals surface area contributed by atoms with Gasteiger partial charge in [-0.05, 0) is 38.4 Å². The second-order valence-corrected chi connectivity index (χ2v) is 4.92. The number of hydrogen-bond donors (Lipinski definition) is 1. The fourth-order valence-corrected chi connectivity index (χ4v) is 3.10. The highest BCUT2D eigenvalue weighted by Crippen LogP contribution is 2.31. The van der Waals surface area contributed by atoms with E-state index in [1.54, 1.807) is 24.3 Å². The number of hydrogen-bond acceptors (Lipinski definition) is 3. The lowest BCUT2D eigenvalue weighted by Gasteiger charge is -2.27. The lowest BCUT2D eigenvalue weighted by atomic mass is 10.1. The Bertz CT molecular complexity index is 477. The van der Waals surface area contributed by atoms with E-state index in [2.05, 4.69) is 5.32 Å². The van der Waals surface area contributed by atoms with Crippen molar-refractivity contribution in [1.29, 1.82) is 0 Å². The van der Waals surface area contributed by atoms with Gasteiger partial charge in [0.05, 0.1) is 17.2 Å². The van der Waals surface area contributed by atoms with Crippen molar-refractivity contribution in [3.8, 4) is 0 Å². The first-order valence-electron chi connectivity index (χ1n) is 6.38. The minimum absolute atomic E-state index is 0.00222. The lowest BCUT2D eigenvalue weighted by molar-refractivity contribution is 0.0567. The van der Waals surface area contributed by atoms with Gasteiger partial charge in [0.2, 0.25) is 0 Å². The molecule has 4 heteroatoms. The normalized spacial score (nSPS) is 26.8. The average Bonchev–Trinajstić information content (AvgIpc) is 2.95. The van der Waals surface area contributed by atoms with Gasteiger partial charge in [-0.2, -0.15) is 0 Å². The number of fused-ring (bicyclic) bond motifs is 1. The molecule has 1 N–H and O–H groups in total. The van der Waals surface area contributed by atoms with Gasteiger partial charge >= 0.3 is 0 Å². The van der Waals surface area contributed by atoms with Crippen LogP contribution in [0.15, 0.2) is 24.3 Å². The summed E-state index contributed by atoms with van der Waals surface area (Å²) < 4.78 is 0. The van der Waals surface area contributed by atoms with Crippen LogP contribution in [0.1, 0.15) is 40.0 Å². The molecule has 0 bridgehead atoms. The van der Waals surface area contributed by atoms with Crippen LogP contribution >= 0.6 is 0 Å². The Morgan fingerprint density at radius 3 is 2.28 bits per heavy atom. The molecule has 1 saturated carbocycles. The van der Waals surface area contributed by atoms with Crippen LogP contribution < -0.4 is 5.32 Å². The molecule has 2 amide bonds. The van der Waals surface area contributed by atoms with E-state index in [4.69, 9.17) is 0 Å². The van der Waals surface area contributed by atoms with Crippen LogP contribution in [0.4, 0.5) is 0 Å². The number of amides is 2. The maximum Gasteiger partial charge on any atom is 0.261 e. The van der Waals surface area contributed by atoms with Crippen molar-refractivity contribution in [3.63, 3.8) is 0 Å². The maximum atomic E-state index is 12.3. The zero-order chi connectivity index (χ0) is 12.7. The zero-order valence-electron chi connectivity index (χ0n) is 10.3. The maximum absolute atomic E-state index is 12.3. The van der Waals surface area contributed by atoms with Crippen LogP contribution in [0.5, 0.6) is 0 Å². The summed E-state index contributed by atoms with van der Waals surface area (Å²) >= 11 is 0. The molecular formula is C14H16N2O2. The number of likely N-dealkylation sites (N-methyl/N-ethyl adjacent to an activating group) is 1. The summed E-state index contributed by atoms with van der Waals surface area (Å²) in [6.45, 7) is 0. The Kier molecular flexibility index (Phi) is 2.67. The third-order valence-electron chi connectivity index (χ3n) is 4.01. The molecule has 1 fully saturated rings. The van der Waals surface area contributed by atoms with Gasteiger partial charge in [0.25, 0.3) is 11.8 Å². The fraction of sp³-hybridized carbons (Fsp3) is 0.429. The highest BCUT2D eigenvalue weighted by atomic mass is 16.2. The first-order chi connectivity index (χ1) is 8.74. The molecule has 1 aliphatic heterocycles. The summed E-state index contributed by atoms with van der Waals surface area (Å²) in [6, 6.07) is 7.31. The van der Waals surface area contributed by atoms with E-state index in [0.29, 0.717) is 11.1 Å². The van der Waals surface area contributed by atoms with Crippen molar-refractivity contribution in [3.05, 3.63) is 35.4 Å². The molecule has 94 valence electrons. The first kappa shape index (κ1) is 11.4. The second-order valence-electron chi connectivity index (χ2n) is 4.92. The highest BCUT2D eigenvalue weighted by Gasteiger charge is 2.43. The number of nitrogens with zero attached hydrogens (tertiary/aromatic N) is 1. The van der Waals surface area contributed by atoms with Crippen molar-refractivity contribution < 1.29 is 9.59 Å². The van der Waals surface area contributed by atoms with Crippen molar-refractivity contribution in [2.24, 2.45) is 0 Å². The van der Waals surface area contributed by atoms with Crippen molar-refractivity contribution in [1.82, 2.24) is 10.2 Å². The third-order valence-corrected chi connectivity index (χ3v) is 4.01. The van der Waals surface area contributed by atoms with Crippen LogP contribution in [0.25, 0.3) is 0 Å². The molecule has 2 aliphatic rings. The molecule has 2 atom stereocenters. The SMILES string of the molecule is CN[C@H]1CCC[C@@H]1N1C(=O)c2ccccc2C1=O. The smallest absolute Gasteiger partial charge is 0.261 e.